The van der Waals surface area contributed by atoms with E-state index in [0.717, 1.165) is 23.4 Å². The number of aryl methyl sites for hydroxylation is 2. The minimum atomic E-state index is -0.982. The molecule has 4 nitrogen and oxygen atoms in total. The average Bonchev–Trinajstić information content (AvgIpc) is 2.39. The van der Waals surface area contributed by atoms with Crippen molar-refractivity contribution in [1.29, 1.82) is 0 Å². The maximum absolute atomic E-state index is 11.2. The van der Waals surface area contributed by atoms with Gasteiger partial charge in [0, 0.05) is 17.6 Å². The molecule has 0 amide bonds. The van der Waals surface area contributed by atoms with Crippen molar-refractivity contribution in [3.05, 3.63) is 53.3 Å². The van der Waals surface area contributed by atoms with E-state index in [1.807, 2.05) is 31.2 Å². The number of nitrogens with zero attached hydrogens (tertiary/aromatic N) is 1. The van der Waals surface area contributed by atoms with Crippen LogP contribution in [-0.4, -0.2) is 16.1 Å². The Hall–Kier alpha value is -2.36. The molecule has 0 spiro atoms. The van der Waals surface area contributed by atoms with Crippen LogP contribution < -0.4 is 5.32 Å². The zero-order valence-electron chi connectivity index (χ0n) is 11.0. The Morgan fingerprint density at radius 2 is 2.05 bits per heavy atom. The molecule has 0 aliphatic heterocycles. The molecule has 0 saturated carbocycles. The molecule has 2 N–H and O–H groups in total. The summed E-state index contributed by atoms with van der Waals surface area (Å²) in [5.74, 6) is -0.982. The Balaban J connectivity index is 2.42. The Kier molecular flexibility index (Phi) is 3.80. The van der Waals surface area contributed by atoms with Gasteiger partial charge in [0.15, 0.2) is 0 Å². The van der Waals surface area contributed by atoms with Crippen LogP contribution in [0.4, 0.5) is 11.4 Å². The summed E-state index contributed by atoms with van der Waals surface area (Å²) in [6, 6.07) is 9.61. The summed E-state index contributed by atoms with van der Waals surface area (Å²) in [6.45, 7) is 3.90. The van der Waals surface area contributed by atoms with E-state index in [1.165, 1.54) is 6.20 Å². The normalized spacial score (nSPS) is 10.2. The predicted molar refractivity (Wildman–Crippen MR) is 75.0 cm³/mol. The van der Waals surface area contributed by atoms with Crippen LogP contribution in [0.5, 0.6) is 0 Å². The van der Waals surface area contributed by atoms with Crippen LogP contribution in [0.1, 0.15) is 28.5 Å². The Labute approximate surface area is 112 Å². The topological polar surface area (TPSA) is 62.2 Å². The standard InChI is InChI=1S/C15H16N2O2/c1-3-11-6-4-5-7-13(11)17-14-8-10(2)16-9-12(14)15(18)19/h4-9H,3H2,1-2H3,(H,16,17)(H,18,19). The van der Waals surface area contributed by atoms with Crippen molar-refractivity contribution in [2.24, 2.45) is 0 Å². The molecule has 1 aromatic carbocycles. The lowest BCUT2D eigenvalue weighted by atomic mass is 10.1. The third-order valence-electron chi connectivity index (χ3n) is 2.94. The van der Waals surface area contributed by atoms with Crippen molar-refractivity contribution in [2.75, 3.05) is 5.32 Å². The van der Waals surface area contributed by atoms with E-state index < -0.39 is 5.97 Å². The van der Waals surface area contributed by atoms with Gasteiger partial charge in [0.05, 0.1) is 5.69 Å². The van der Waals surface area contributed by atoms with Crippen molar-refractivity contribution >= 4 is 17.3 Å². The first kappa shape index (κ1) is 13.1. The highest BCUT2D eigenvalue weighted by atomic mass is 16.4. The molecule has 0 bridgehead atoms. The highest BCUT2D eigenvalue weighted by Crippen LogP contribution is 2.24. The zero-order valence-corrected chi connectivity index (χ0v) is 11.0. The third kappa shape index (κ3) is 2.91. The summed E-state index contributed by atoms with van der Waals surface area (Å²) in [6.07, 6.45) is 2.27. The van der Waals surface area contributed by atoms with Crippen molar-refractivity contribution in [3.63, 3.8) is 0 Å². The fourth-order valence-electron chi connectivity index (χ4n) is 1.93. The summed E-state index contributed by atoms with van der Waals surface area (Å²) in [5.41, 5.74) is 3.60. The molecule has 2 aromatic rings. The second kappa shape index (κ2) is 5.52. The fourth-order valence-corrected chi connectivity index (χ4v) is 1.93. The molecule has 0 fully saturated rings. The van der Waals surface area contributed by atoms with Gasteiger partial charge in [-0.3, -0.25) is 4.98 Å². The lowest BCUT2D eigenvalue weighted by Crippen LogP contribution is -2.05. The Bertz CT molecular complexity index is 609. The van der Waals surface area contributed by atoms with Crippen LogP contribution >= 0.6 is 0 Å². The molecule has 0 saturated heterocycles. The number of aromatic nitrogens is 1. The van der Waals surface area contributed by atoms with Gasteiger partial charge in [-0.05, 0) is 31.0 Å². The maximum Gasteiger partial charge on any atom is 0.339 e. The number of hydrogen-bond donors (Lipinski definition) is 2. The van der Waals surface area contributed by atoms with Crippen LogP contribution in [0.25, 0.3) is 0 Å². The molecule has 4 heteroatoms. The number of nitrogens with one attached hydrogen (secondary N) is 1. The quantitative estimate of drug-likeness (QED) is 0.880. The molecular weight excluding hydrogens is 240 g/mol. The van der Waals surface area contributed by atoms with Crippen LogP contribution in [0.3, 0.4) is 0 Å². The number of carbonyl (C=O) groups is 1. The van der Waals surface area contributed by atoms with Crippen LogP contribution in [0.2, 0.25) is 0 Å². The van der Waals surface area contributed by atoms with E-state index in [2.05, 4.69) is 17.2 Å². The van der Waals surface area contributed by atoms with Gasteiger partial charge in [-0.25, -0.2) is 4.79 Å². The third-order valence-corrected chi connectivity index (χ3v) is 2.94. The van der Waals surface area contributed by atoms with Crippen molar-refractivity contribution in [1.82, 2.24) is 4.98 Å². The van der Waals surface area contributed by atoms with Gasteiger partial charge in [-0.15, -0.1) is 0 Å². The summed E-state index contributed by atoms with van der Waals surface area (Å²) < 4.78 is 0. The maximum atomic E-state index is 11.2. The van der Waals surface area contributed by atoms with E-state index >= 15 is 0 Å². The molecule has 98 valence electrons. The first-order valence-corrected chi connectivity index (χ1v) is 6.16. The van der Waals surface area contributed by atoms with Crippen LogP contribution in [-0.2, 0) is 6.42 Å². The number of carboxylic acids is 1. The highest BCUT2D eigenvalue weighted by Gasteiger charge is 2.12. The minimum Gasteiger partial charge on any atom is -0.478 e. The molecule has 2 rings (SSSR count). The predicted octanol–water partition coefficient (Wildman–Crippen LogP) is 3.39. The lowest BCUT2D eigenvalue weighted by Gasteiger charge is -2.13. The number of para-hydroxylation sites is 1. The Morgan fingerprint density at radius 3 is 2.74 bits per heavy atom. The first-order valence-electron chi connectivity index (χ1n) is 6.16. The second-order valence-electron chi connectivity index (χ2n) is 4.31. The second-order valence-corrected chi connectivity index (χ2v) is 4.31. The van der Waals surface area contributed by atoms with Gasteiger partial charge < -0.3 is 10.4 Å². The van der Waals surface area contributed by atoms with Gasteiger partial charge >= 0.3 is 5.97 Å². The largest absolute Gasteiger partial charge is 0.478 e. The highest BCUT2D eigenvalue weighted by molar-refractivity contribution is 5.95. The van der Waals surface area contributed by atoms with Gasteiger partial charge in [-0.2, -0.15) is 0 Å². The summed E-state index contributed by atoms with van der Waals surface area (Å²) in [7, 11) is 0. The zero-order chi connectivity index (χ0) is 13.8. The smallest absolute Gasteiger partial charge is 0.339 e. The molecular formula is C15H16N2O2. The molecule has 1 heterocycles. The molecule has 0 atom stereocenters. The van der Waals surface area contributed by atoms with E-state index in [0.29, 0.717) is 5.69 Å². The fraction of sp³-hybridized carbons (Fsp3) is 0.200. The minimum absolute atomic E-state index is 0.177. The number of benzene rings is 1. The summed E-state index contributed by atoms with van der Waals surface area (Å²) in [5, 5.41) is 12.4. The van der Waals surface area contributed by atoms with E-state index in [9.17, 15) is 9.90 Å². The number of rotatable bonds is 4. The SMILES string of the molecule is CCc1ccccc1Nc1cc(C)ncc1C(=O)O. The van der Waals surface area contributed by atoms with Gasteiger partial charge in [0.2, 0.25) is 0 Å². The number of carboxylic acid groups (broad SMARTS) is 1. The van der Waals surface area contributed by atoms with Gasteiger partial charge in [0.25, 0.3) is 0 Å². The molecule has 0 unspecified atom stereocenters. The van der Waals surface area contributed by atoms with E-state index in [-0.39, 0.29) is 5.56 Å². The number of aromatic carboxylic acids is 1. The molecule has 0 aliphatic carbocycles. The molecule has 1 aromatic heterocycles. The van der Waals surface area contributed by atoms with Gasteiger partial charge in [0.1, 0.15) is 5.56 Å². The molecule has 19 heavy (non-hydrogen) atoms. The van der Waals surface area contributed by atoms with Crippen molar-refractivity contribution in [2.45, 2.75) is 20.3 Å². The number of anilines is 2. The van der Waals surface area contributed by atoms with Crippen LogP contribution in [0, 0.1) is 6.92 Å². The first-order chi connectivity index (χ1) is 9.11. The average molecular weight is 256 g/mol. The Morgan fingerprint density at radius 1 is 1.32 bits per heavy atom. The van der Waals surface area contributed by atoms with Gasteiger partial charge in [-0.1, -0.05) is 25.1 Å². The summed E-state index contributed by atoms with van der Waals surface area (Å²) in [4.78, 5) is 15.2. The van der Waals surface area contributed by atoms with Crippen LogP contribution in [0.15, 0.2) is 36.5 Å². The van der Waals surface area contributed by atoms with Crippen molar-refractivity contribution in [3.8, 4) is 0 Å². The lowest BCUT2D eigenvalue weighted by molar-refractivity contribution is 0.0697. The molecule has 0 aliphatic rings. The summed E-state index contributed by atoms with van der Waals surface area (Å²) >= 11 is 0. The van der Waals surface area contributed by atoms with E-state index in [4.69, 9.17) is 0 Å². The number of hydrogen-bond acceptors (Lipinski definition) is 3. The number of pyridine rings is 1. The molecule has 0 radical (unpaired) electrons. The van der Waals surface area contributed by atoms with Crippen molar-refractivity contribution < 1.29 is 9.90 Å². The monoisotopic (exact) mass is 256 g/mol. The van der Waals surface area contributed by atoms with E-state index in [1.54, 1.807) is 6.07 Å².